The highest BCUT2D eigenvalue weighted by molar-refractivity contribution is 5.10. The van der Waals surface area contributed by atoms with E-state index in [1.54, 1.807) is 6.26 Å². The van der Waals surface area contributed by atoms with E-state index < -0.39 is 0 Å². The predicted octanol–water partition coefficient (Wildman–Crippen LogP) is 2.17. The van der Waals surface area contributed by atoms with E-state index in [1.165, 1.54) is 24.8 Å². The van der Waals surface area contributed by atoms with Crippen molar-refractivity contribution in [3.8, 4) is 0 Å². The van der Waals surface area contributed by atoms with Crippen LogP contribution in [-0.2, 0) is 6.54 Å². The Kier molecular flexibility index (Phi) is 1.69. The third-order valence-corrected chi connectivity index (χ3v) is 3.53. The molecule has 0 aromatic carbocycles. The van der Waals surface area contributed by atoms with Gasteiger partial charge in [0, 0.05) is 18.2 Å². The van der Waals surface area contributed by atoms with Gasteiger partial charge in [-0.3, -0.25) is 0 Å². The monoisotopic (exact) mass is 177 g/mol. The van der Waals surface area contributed by atoms with Crippen LogP contribution in [0.2, 0.25) is 0 Å². The predicted molar refractivity (Wildman–Crippen MR) is 50.2 cm³/mol. The molecular weight excluding hydrogens is 162 g/mol. The molecule has 0 aliphatic heterocycles. The zero-order valence-electron chi connectivity index (χ0n) is 7.70. The summed E-state index contributed by atoms with van der Waals surface area (Å²) in [4.78, 5) is 0. The second-order valence-corrected chi connectivity index (χ2v) is 4.30. The summed E-state index contributed by atoms with van der Waals surface area (Å²) in [7, 11) is 0. The Morgan fingerprint density at radius 3 is 2.92 bits per heavy atom. The van der Waals surface area contributed by atoms with E-state index >= 15 is 0 Å². The van der Waals surface area contributed by atoms with E-state index in [2.05, 4.69) is 5.32 Å². The van der Waals surface area contributed by atoms with Crippen molar-refractivity contribution in [2.24, 2.45) is 11.8 Å². The maximum Gasteiger partial charge on any atom is 0.0947 e. The van der Waals surface area contributed by atoms with Crippen molar-refractivity contribution < 1.29 is 4.42 Å². The lowest BCUT2D eigenvalue weighted by Gasteiger charge is -2.04. The number of furan rings is 1. The molecule has 2 saturated carbocycles. The first-order chi connectivity index (χ1) is 6.45. The van der Waals surface area contributed by atoms with Crippen LogP contribution in [0, 0.1) is 11.8 Å². The van der Waals surface area contributed by atoms with Gasteiger partial charge in [-0.2, -0.15) is 0 Å². The van der Waals surface area contributed by atoms with Crippen LogP contribution in [0.15, 0.2) is 23.0 Å². The summed E-state index contributed by atoms with van der Waals surface area (Å²) >= 11 is 0. The topological polar surface area (TPSA) is 25.2 Å². The van der Waals surface area contributed by atoms with Gasteiger partial charge in [0.25, 0.3) is 0 Å². The molecule has 0 amide bonds. The fraction of sp³-hybridized carbons (Fsp3) is 0.636. The second kappa shape index (κ2) is 2.88. The maximum atomic E-state index is 5.02. The molecule has 1 heterocycles. The summed E-state index contributed by atoms with van der Waals surface area (Å²) in [5.74, 6) is 2.01. The molecule has 13 heavy (non-hydrogen) atoms. The van der Waals surface area contributed by atoms with Gasteiger partial charge in [0.2, 0.25) is 0 Å². The minimum Gasteiger partial charge on any atom is -0.472 e. The van der Waals surface area contributed by atoms with Crippen molar-refractivity contribution in [3.63, 3.8) is 0 Å². The van der Waals surface area contributed by atoms with E-state index in [1.807, 2.05) is 12.3 Å². The second-order valence-electron chi connectivity index (χ2n) is 4.30. The molecule has 1 N–H and O–H groups in total. The van der Waals surface area contributed by atoms with Gasteiger partial charge in [-0.15, -0.1) is 0 Å². The van der Waals surface area contributed by atoms with Gasteiger partial charge >= 0.3 is 0 Å². The summed E-state index contributed by atoms with van der Waals surface area (Å²) in [6, 6.07) is 2.86. The molecule has 0 radical (unpaired) electrons. The first kappa shape index (κ1) is 7.63. The minimum absolute atomic E-state index is 0.823. The molecular formula is C11H15NO. The van der Waals surface area contributed by atoms with Gasteiger partial charge in [0.1, 0.15) is 0 Å². The van der Waals surface area contributed by atoms with Gasteiger partial charge in [-0.1, -0.05) is 6.42 Å². The molecule has 2 nitrogen and oxygen atoms in total. The summed E-state index contributed by atoms with van der Waals surface area (Å²) in [6.07, 6.45) is 7.93. The Balaban J connectivity index is 1.50. The van der Waals surface area contributed by atoms with E-state index in [0.29, 0.717) is 0 Å². The smallest absolute Gasteiger partial charge is 0.0947 e. The molecule has 2 atom stereocenters. The van der Waals surface area contributed by atoms with Crippen LogP contribution in [0.4, 0.5) is 0 Å². The quantitative estimate of drug-likeness (QED) is 0.765. The van der Waals surface area contributed by atoms with Crippen LogP contribution in [0.5, 0.6) is 0 Å². The Morgan fingerprint density at radius 1 is 1.38 bits per heavy atom. The summed E-state index contributed by atoms with van der Waals surface area (Å²) in [5, 5.41) is 3.60. The van der Waals surface area contributed by atoms with Crippen molar-refractivity contribution >= 4 is 0 Å². The molecule has 2 aliphatic carbocycles. The molecule has 0 saturated heterocycles. The summed E-state index contributed by atoms with van der Waals surface area (Å²) in [6.45, 7) is 0.980. The molecule has 2 fully saturated rings. The fourth-order valence-corrected chi connectivity index (χ4v) is 2.75. The molecule has 0 bridgehead atoms. The molecule has 70 valence electrons. The lowest BCUT2D eigenvalue weighted by Crippen LogP contribution is -2.19. The van der Waals surface area contributed by atoms with Crippen LogP contribution >= 0.6 is 0 Å². The molecule has 2 aliphatic rings. The van der Waals surface area contributed by atoms with Crippen LogP contribution < -0.4 is 5.32 Å². The van der Waals surface area contributed by atoms with Gasteiger partial charge in [-0.25, -0.2) is 0 Å². The van der Waals surface area contributed by atoms with Crippen LogP contribution in [0.25, 0.3) is 0 Å². The third-order valence-electron chi connectivity index (χ3n) is 3.53. The minimum atomic E-state index is 0.823. The SMILES string of the molecule is c1cc(CNC2C3CCCC32)co1. The molecule has 3 rings (SSSR count). The van der Waals surface area contributed by atoms with E-state index in [9.17, 15) is 0 Å². The van der Waals surface area contributed by atoms with E-state index in [-0.39, 0.29) is 0 Å². The van der Waals surface area contributed by atoms with Gasteiger partial charge in [-0.05, 0) is 30.7 Å². The molecule has 2 heteroatoms. The van der Waals surface area contributed by atoms with Crippen LogP contribution in [-0.4, -0.2) is 6.04 Å². The van der Waals surface area contributed by atoms with Gasteiger partial charge < -0.3 is 9.73 Å². The van der Waals surface area contributed by atoms with E-state index in [0.717, 1.165) is 24.4 Å². The number of rotatable bonds is 3. The normalized spacial score (nSPS) is 36.2. The maximum absolute atomic E-state index is 5.02. The Morgan fingerprint density at radius 2 is 2.23 bits per heavy atom. The third kappa shape index (κ3) is 1.29. The van der Waals surface area contributed by atoms with Crippen LogP contribution in [0.1, 0.15) is 24.8 Å². The van der Waals surface area contributed by atoms with Crippen molar-refractivity contribution in [2.75, 3.05) is 0 Å². The Bertz CT molecular complexity index is 270. The average Bonchev–Trinajstić information content (AvgIpc) is 2.68. The Hall–Kier alpha value is -0.760. The molecule has 1 aromatic heterocycles. The van der Waals surface area contributed by atoms with Crippen molar-refractivity contribution in [1.29, 1.82) is 0 Å². The lowest BCUT2D eigenvalue weighted by molar-refractivity contribution is 0.543. The zero-order valence-corrected chi connectivity index (χ0v) is 7.70. The highest BCUT2D eigenvalue weighted by Crippen LogP contribution is 2.51. The Labute approximate surface area is 78.3 Å². The summed E-state index contributed by atoms with van der Waals surface area (Å²) < 4.78 is 5.02. The van der Waals surface area contributed by atoms with Crippen molar-refractivity contribution in [2.45, 2.75) is 31.8 Å². The molecule has 1 aromatic rings. The van der Waals surface area contributed by atoms with Gasteiger partial charge in [0.05, 0.1) is 12.5 Å². The van der Waals surface area contributed by atoms with Gasteiger partial charge in [0.15, 0.2) is 0 Å². The average molecular weight is 177 g/mol. The lowest BCUT2D eigenvalue weighted by atomic mass is 10.2. The van der Waals surface area contributed by atoms with Crippen molar-refractivity contribution in [3.05, 3.63) is 24.2 Å². The largest absolute Gasteiger partial charge is 0.472 e. The standard InChI is InChI=1S/C11H15NO/c1-2-9-10(3-1)11(9)12-6-8-4-5-13-7-8/h4-5,7,9-12H,1-3,6H2. The number of fused-ring (bicyclic) bond motifs is 1. The van der Waals surface area contributed by atoms with Crippen LogP contribution in [0.3, 0.4) is 0 Å². The number of hydrogen-bond donors (Lipinski definition) is 1. The van der Waals surface area contributed by atoms with E-state index in [4.69, 9.17) is 4.42 Å². The fourth-order valence-electron chi connectivity index (χ4n) is 2.75. The number of nitrogens with one attached hydrogen (secondary N) is 1. The zero-order chi connectivity index (χ0) is 8.67. The first-order valence-electron chi connectivity index (χ1n) is 5.19. The summed E-state index contributed by atoms with van der Waals surface area (Å²) in [5.41, 5.74) is 1.27. The highest BCUT2D eigenvalue weighted by Gasteiger charge is 2.51. The number of hydrogen-bond acceptors (Lipinski definition) is 2. The first-order valence-corrected chi connectivity index (χ1v) is 5.19. The van der Waals surface area contributed by atoms with Crippen molar-refractivity contribution in [1.82, 2.24) is 5.32 Å². The molecule has 2 unspecified atom stereocenters. The highest BCUT2D eigenvalue weighted by atomic mass is 16.3. The molecule has 0 spiro atoms.